The van der Waals surface area contributed by atoms with Crippen molar-refractivity contribution in [2.24, 2.45) is 0 Å². The van der Waals surface area contributed by atoms with Gasteiger partial charge in [-0.1, -0.05) is 55.9 Å². The van der Waals surface area contributed by atoms with E-state index in [1.165, 1.54) is 12.1 Å². The number of carbonyl (C=O) groups excluding carboxylic acids is 1. The van der Waals surface area contributed by atoms with Crippen LogP contribution in [0.25, 0.3) is 0 Å². The van der Waals surface area contributed by atoms with Crippen LogP contribution in [-0.2, 0) is 22.2 Å². The summed E-state index contributed by atoms with van der Waals surface area (Å²) in [6.45, 7) is 2.83. The zero-order valence-corrected chi connectivity index (χ0v) is 20.8. The third-order valence-corrected chi connectivity index (χ3v) is 5.76. The molecule has 8 heteroatoms. The number of alkyl halides is 3. The van der Waals surface area contributed by atoms with Gasteiger partial charge in [-0.2, -0.15) is 13.2 Å². The molecule has 1 atom stereocenters. The Morgan fingerprint density at radius 1 is 0.895 bits per heavy atom. The molecule has 3 aromatic carbocycles. The first-order valence-electron chi connectivity index (χ1n) is 12.2. The van der Waals surface area contributed by atoms with Crippen molar-refractivity contribution in [1.29, 1.82) is 0 Å². The number of carboxylic acids is 1. The molecule has 0 aliphatic carbocycles. The molecule has 2 N–H and O–H groups in total. The van der Waals surface area contributed by atoms with Crippen LogP contribution >= 0.6 is 0 Å². The van der Waals surface area contributed by atoms with Gasteiger partial charge >= 0.3 is 18.1 Å². The van der Waals surface area contributed by atoms with E-state index in [-0.39, 0.29) is 6.42 Å². The van der Waals surface area contributed by atoms with E-state index in [2.05, 4.69) is 24.1 Å². The standard InChI is InChI=1S/C30H28F3NO4/c1-2-3-4-19-38-26-17-11-22(12-18-26)6-5-21-7-9-23(10-8-21)20-27(34-28(35)29(36)37)24-13-15-25(16-14-24)30(31,32)33/h7-18,27H,2-4,19-20H2,1H3,(H,34,35)(H,36,37). The Bertz CT molecular complexity index is 1270. The highest BCUT2D eigenvalue weighted by Crippen LogP contribution is 2.30. The molecule has 5 nitrogen and oxygen atoms in total. The van der Waals surface area contributed by atoms with E-state index in [1.807, 2.05) is 24.3 Å². The summed E-state index contributed by atoms with van der Waals surface area (Å²) in [5.74, 6) is 4.04. The molecule has 0 saturated carbocycles. The van der Waals surface area contributed by atoms with Crippen LogP contribution < -0.4 is 10.1 Å². The summed E-state index contributed by atoms with van der Waals surface area (Å²) in [7, 11) is 0. The number of nitrogens with one attached hydrogen (secondary N) is 1. The van der Waals surface area contributed by atoms with Crippen molar-refractivity contribution in [2.75, 3.05) is 6.61 Å². The van der Waals surface area contributed by atoms with E-state index in [1.54, 1.807) is 24.3 Å². The Kier molecular flexibility index (Phi) is 9.94. The van der Waals surface area contributed by atoms with E-state index < -0.39 is 29.7 Å². The van der Waals surface area contributed by atoms with Crippen molar-refractivity contribution in [1.82, 2.24) is 5.32 Å². The molecule has 0 heterocycles. The molecular formula is C30H28F3NO4. The summed E-state index contributed by atoms with van der Waals surface area (Å²) in [6, 6.07) is 18.1. The second kappa shape index (κ2) is 13.3. The van der Waals surface area contributed by atoms with Gasteiger partial charge in [-0.3, -0.25) is 4.79 Å². The largest absolute Gasteiger partial charge is 0.494 e. The lowest BCUT2D eigenvalue weighted by atomic mass is 9.97. The average Bonchev–Trinajstić information content (AvgIpc) is 2.90. The van der Waals surface area contributed by atoms with E-state index in [0.717, 1.165) is 53.8 Å². The van der Waals surface area contributed by atoms with Gasteiger partial charge in [-0.05, 0) is 72.5 Å². The highest BCUT2D eigenvalue weighted by Gasteiger charge is 2.30. The molecule has 0 aliphatic heterocycles. The van der Waals surface area contributed by atoms with Crippen molar-refractivity contribution in [3.8, 4) is 17.6 Å². The Morgan fingerprint density at radius 2 is 1.47 bits per heavy atom. The number of amides is 1. The van der Waals surface area contributed by atoms with E-state index >= 15 is 0 Å². The fourth-order valence-corrected chi connectivity index (χ4v) is 3.66. The number of benzene rings is 3. The normalized spacial score (nSPS) is 11.7. The predicted molar refractivity (Wildman–Crippen MR) is 138 cm³/mol. The zero-order chi connectivity index (χ0) is 27.5. The van der Waals surface area contributed by atoms with Gasteiger partial charge in [0.1, 0.15) is 5.75 Å². The van der Waals surface area contributed by atoms with Crippen LogP contribution in [0.3, 0.4) is 0 Å². The molecule has 0 fully saturated rings. The van der Waals surface area contributed by atoms with Gasteiger partial charge in [0.15, 0.2) is 0 Å². The summed E-state index contributed by atoms with van der Waals surface area (Å²) in [5.41, 5.74) is 1.84. The Labute approximate surface area is 219 Å². The summed E-state index contributed by atoms with van der Waals surface area (Å²) in [5, 5.41) is 11.3. The van der Waals surface area contributed by atoms with E-state index in [0.29, 0.717) is 12.2 Å². The summed E-state index contributed by atoms with van der Waals surface area (Å²) in [6.07, 6.45) is -1.03. The molecule has 0 aliphatic rings. The maximum absolute atomic E-state index is 12.9. The molecule has 0 aromatic heterocycles. The maximum Gasteiger partial charge on any atom is 0.416 e. The van der Waals surface area contributed by atoms with Crippen molar-refractivity contribution in [3.05, 3.63) is 101 Å². The molecule has 0 spiro atoms. The van der Waals surface area contributed by atoms with Crippen molar-refractivity contribution >= 4 is 11.9 Å². The molecule has 3 aromatic rings. The molecule has 0 radical (unpaired) electrons. The third kappa shape index (κ3) is 8.70. The lowest BCUT2D eigenvalue weighted by Crippen LogP contribution is -2.35. The van der Waals surface area contributed by atoms with Crippen molar-refractivity contribution in [2.45, 2.75) is 44.8 Å². The number of halogens is 3. The number of rotatable bonds is 9. The molecular weight excluding hydrogens is 495 g/mol. The minimum Gasteiger partial charge on any atom is -0.494 e. The highest BCUT2D eigenvalue weighted by atomic mass is 19.4. The second-order valence-corrected chi connectivity index (χ2v) is 8.68. The molecule has 3 rings (SSSR count). The molecule has 198 valence electrons. The fourth-order valence-electron chi connectivity index (χ4n) is 3.66. The quantitative estimate of drug-likeness (QED) is 0.200. The minimum absolute atomic E-state index is 0.178. The SMILES string of the molecule is CCCCCOc1ccc(C#Cc2ccc(CC(NC(=O)C(=O)O)c3ccc(C(F)(F)F)cc3)cc2)cc1. The first kappa shape index (κ1) is 28.3. The van der Waals surface area contributed by atoms with Crippen LogP contribution in [0.15, 0.2) is 72.8 Å². The number of unbranched alkanes of at least 4 members (excludes halogenated alkanes) is 2. The lowest BCUT2D eigenvalue weighted by molar-refractivity contribution is -0.150. The number of carboxylic acid groups (broad SMARTS) is 1. The Balaban J connectivity index is 1.68. The summed E-state index contributed by atoms with van der Waals surface area (Å²) >= 11 is 0. The smallest absolute Gasteiger partial charge is 0.416 e. The van der Waals surface area contributed by atoms with Crippen molar-refractivity contribution < 1.29 is 32.6 Å². The van der Waals surface area contributed by atoms with Gasteiger partial charge in [0.05, 0.1) is 18.2 Å². The van der Waals surface area contributed by atoms with E-state index in [4.69, 9.17) is 9.84 Å². The van der Waals surface area contributed by atoms with Crippen LogP contribution in [0.4, 0.5) is 13.2 Å². The Morgan fingerprint density at radius 3 is 2.00 bits per heavy atom. The van der Waals surface area contributed by atoms with Gasteiger partial charge in [-0.15, -0.1) is 0 Å². The maximum atomic E-state index is 12.9. The topological polar surface area (TPSA) is 75.6 Å². The van der Waals surface area contributed by atoms with Crippen LogP contribution in [0.5, 0.6) is 5.75 Å². The fraction of sp³-hybridized carbons (Fsp3) is 0.267. The van der Waals surface area contributed by atoms with Crippen LogP contribution in [0, 0.1) is 11.8 Å². The third-order valence-electron chi connectivity index (χ3n) is 5.76. The van der Waals surface area contributed by atoms with Crippen LogP contribution in [0.2, 0.25) is 0 Å². The first-order valence-corrected chi connectivity index (χ1v) is 12.2. The summed E-state index contributed by atoms with van der Waals surface area (Å²) in [4.78, 5) is 22.8. The minimum atomic E-state index is -4.50. The van der Waals surface area contributed by atoms with E-state index in [9.17, 15) is 22.8 Å². The predicted octanol–water partition coefficient (Wildman–Crippen LogP) is 6.16. The number of carbonyl (C=O) groups is 2. The zero-order valence-electron chi connectivity index (χ0n) is 20.8. The van der Waals surface area contributed by atoms with Crippen LogP contribution in [0.1, 0.15) is 60.0 Å². The monoisotopic (exact) mass is 523 g/mol. The van der Waals surface area contributed by atoms with Gasteiger partial charge in [-0.25, -0.2) is 4.79 Å². The molecule has 0 bridgehead atoms. The number of aliphatic carboxylic acids is 1. The molecule has 0 saturated heterocycles. The second-order valence-electron chi connectivity index (χ2n) is 8.68. The summed E-state index contributed by atoms with van der Waals surface area (Å²) < 4.78 is 44.4. The highest BCUT2D eigenvalue weighted by molar-refractivity contribution is 6.31. The van der Waals surface area contributed by atoms with Gasteiger partial charge < -0.3 is 15.2 Å². The molecule has 1 unspecified atom stereocenters. The van der Waals surface area contributed by atoms with Crippen LogP contribution in [-0.4, -0.2) is 23.6 Å². The van der Waals surface area contributed by atoms with Crippen molar-refractivity contribution in [3.63, 3.8) is 0 Å². The number of hydrogen-bond donors (Lipinski definition) is 2. The van der Waals surface area contributed by atoms with Gasteiger partial charge in [0.2, 0.25) is 0 Å². The number of ether oxygens (including phenoxy) is 1. The van der Waals surface area contributed by atoms with Gasteiger partial charge in [0.25, 0.3) is 0 Å². The molecule has 38 heavy (non-hydrogen) atoms. The average molecular weight is 524 g/mol. The number of hydrogen-bond acceptors (Lipinski definition) is 3. The Hall–Kier alpha value is -4.25. The molecule has 1 amide bonds. The van der Waals surface area contributed by atoms with Gasteiger partial charge in [0, 0.05) is 11.1 Å². The first-order chi connectivity index (χ1) is 18.2. The lowest BCUT2D eigenvalue weighted by Gasteiger charge is -2.19.